The van der Waals surface area contributed by atoms with Gasteiger partial charge in [-0.3, -0.25) is 4.79 Å². The highest BCUT2D eigenvalue weighted by Crippen LogP contribution is 2.24. The lowest BCUT2D eigenvalue weighted by Gasteiger charge is -2.20. The van der Waals surface area contributed by atoms with Crippen molar-refractivity contribution in [2.24, 2.45) is 5.41 Å². The molecule has 1 aromatic rings. The number of carbonyl (C=O) groups excluding carboxylic acids is 2. The summed E-state index contributed by atoms with van der Waals surface area (Å²) >= 11 is 0. The molecule has 0 N–H and O–H groups in total. The summed E-state index contributed by atoms with van der Waals surface area (Å²) in [6.45, 7) is 4.05. The van der Waals surface area contributed by atoms with Crippen LogP contribution in [-0.2, 0) is 20.9 Å². The number of rotatable bonds is 6. The third-order valence-corrected chi connectivity index (χ3v) is 2.50. The number of hydrogen-bond acceptors (Lipinski definition) is 3. The van der Waals surface area contributed by atoms with Gasteiger partial charge in [-0.25, -0.2) is 0 Å². The van der Waals surface area contributed by atoms with Crippen LogP contribution in [0.5, 0.6) is 0 Å². The van der Waals surface area contributed by atoms with Gasteiger partial charge in [-0.1, -0.05) is 44.2 Å². The molecule has 1 aromatic carbocycles. The number of hydrogen-bond donors (Lipinski definition) is 0. The predicted octanol–water partition coefficient (Wildman–Crippen LogP) is 2.74. The Morgan fingerprint density at radius 2 is 1.94 bits per heavy atom. The molecule has 0 aliphatic carbocycles. The number of carbonyl (C=O) groups is 2. The van der Waals surface area contributed by atoms with Crippen LogP contribution in [0.3, 0.4) is 0 Å². The van der Waals surface area contributed by atoms with Gasteiger partial charge in [0.15, 0.2) is 0 Å². The van der Waals surface area contributed by atoms with Crippen LogP contribution in [0.1, 0.15) is 32.3 Å². The van der Waals surface area contributed by atoms with Crippen LogP contribution < -0.4 is 0 Å². The first-order chi connectivity index (χ1) is 8.03. The van der Waals surface area contributed by atoms with Crippen LogP contribution in [0.2, 0.25) is 0 Å². The summed E-state index contributed by atoms with van der Waals surface area (Å²) in [5, 5.41) is 0. The molecule has 0 amide bonds. The number of ether oxygens (including phenoxy) is 1. The van der Waals surface area contributed by atoms with E-state index in [2.05, 4.69) is 0 Å². The van der Waals surface area contributed by atoms with E-state index in [0.717, 1.165) is 11.8 Å². The molecule has 0 saturated carbocycles. The first kappa shape index (κ1) is 13.4. The van der Waals surface area contributed by atoms with Crippen molar-refractivity contribution < 1.29 is 14.3 Å². The van der Waals surface area contributed by atoms with Gasteiger partial charge in [-0.15, -0.1) is 0 Å². The lowest BCUT2D eigenvalue weighted by atomic mass is 9.86. The molecule has 0 fully saturated rings. The number of esters is 1. The molecule has 3 heteroatoms. The van der Waals surface area contributed by atoms with Crippen LogP contribution >= 0.6 is 0 Å². The first-order valence-corrected chi connectivity index (χ1v) is 5.67. The Morgan fingerprint density at radius 1 is 1.29 bits per heavy atom. The fourth-order valence-electron chi connectivity index (χ4n) is 1.48. The molecule has 0 radical (unpaired) electrons. The highest BCUT2D eigenvalue weighted by Gasteiger charge is 2.22. The Labute approximate surface area is 102 Å². The average Bonchev–Trinajstić information content (AvgIpc) is 2.27. The van der Waals surface area contributed by atoms with Gasteiger partial charge in [0.1, 0.15) is 12.9 Å². The van der Waals surface area contributed by atoms with Crippen molar-refractivity contribution in [1.29, 1.82) is 0 Å². The van der Waals surface area contributed by atoms with E-state index in [0.29, 0.717) is 6.42 Å². The molecule has 0 heterocycles. The minimum Gasteiger partial charge on any atom is -0.461 e. The summed E-state index contributed by atoms with van der Waals surface area (Å²) in [6, 6.07) is 9.53. The molecular weight excluding hydrogens is 216 g/mol. The maximum Gasteiger partial charge on any atom is 0.306 e. The summed E-state index contributed by atoms with van der Waals surface area (Å²) in [7, 11) is 0. The summed E-state index contributed by atoms with van der Waals surface area (Å²) in [4.78, 5) is 22.0. The Balaban J connectivity index is 2.38. The van der Waals surface area contributed by atoms with Crippen molar-refractivity contribution in [3.8, 4) is 0 Å². The van der Waals surface area contributed by atoms with E-state index in [1.54, 1.807) is 0 Å². The first-order valence-electron chi connectivity index (χ1n) is 5.67. The zero-order chi connectivity index (χ0) is 12.7. The van der Waals surface area contributed by atoms with Crippen molar-refractivity contribution in [3.63, 3.8) is 0 Å². The average molecular weight is 234 g/mol. The molecule has 0 spiro atoms. The van der Waals surface area contributed by atoms with Crippen molar-refractivity contribution in [1.82, 2.24) is 0 Å². The summed E-state index contributed by atoms with van der Waals surface area (Å²) in [5.41, 5.74) is 0.643. The summed E-state index contributed by atoms with van der Waals surface area (Å²) in [5.74, 6) is -0.263. The van der Waals surface area contributed by atoms with E-state index >= 15 is 0 Å². The monoisotopic (exact) mass is 234 g/mol. The van der Waals surface area contributed by atoms with Crippen LogP contribution in [0.25, 0.3) is 0 Å². The second-order valence-electron chi connectivity index (χ2n) is 4.86. The molecule has 0 aliphatic rings. The van der Waals surface area contributed by atoms with Crippen LogP contribution in [0, 0.1) is 5.41 Å². The van der Waals surface area contributed by atoms with Crippen molar-refractivity contribution >= 4 is 12.3 Å². The third-order valence-electron chi connectivity index (χ3n) is 2.50. The van der Waals surface area contributed by atoms with Gasteiger partial charge in [0.05, 0.1) is 6.42 Å². The Kier molecular flexibility index (Phi) is 4.88. The fourth-order valence-corrected chi connectivity index (χ4v) is 1.48. The van der Waals surface area contributed by atoms with E-state index in [1.807, 2.05) is 44.2 Å². The van der Waals surface area contributed by atoms with Crippen molar-refractivity contribution in [3.05, 3.63) is 35.9 Å². The maximum absolute atomic E-state index is 11.6. The van der Waals surface area contributed by atoms with E-state index < -0.39 is 0 Å². The van der Waals surface area contributed by atoms with Crippen molar-refractivity contribution in [2.75, 3.05) is 0 Å². The predicted molar refractivity (Wildman–Crippen MR) is 65.3 cm³/mol. The second kappa shape index (κ2) is 6.18. The molecular formula is C14H18O3. The molecule has 0 unspecified atom stereocenters. The van der Waals surface area contributed by atoms with Crippen LogP contribution in [-0.4, -0.2) is 12.3 Å². The fraction of sp³-hybridized carbons (Fsp3) is 0.429. The van der Waals surface area contributed by atoms with E-state index in [4.69, 9.17) is 4.74 Å². The quantitative estimate of drug-likeness (QED) is 0.561. The third kappa shape index (κ3) is 5.29. The molecule has 92 valence electrons. The summed E-state index contributed by atoms with van der Waals surface area (Å²) in [6.07, 6.45) is 1.47. The van der Waals surface area contributed by atoms with E-state index in [1.165, 1.54) is 0 Å². The molecule has 0 saturated heterocycles. The molecule has 0 aliphatic heterocycles. The molecule has 0 aromatic heterocycles. The van der Waals surface area contributed by atoms with Gasteiger partial charge in [-0.2, -0.15) is 0 Å². The number of aldehydes is 1. The maximum atomic E-state index is 11.6. The molecule has 0 atom stereocenters. The lowest BCUT2D eigenvalue weighted by Crippen LogP contribution is -2.19. The Morgan fingerprint density at radius 3 is 2.53 bits per heavy atom. The van der Waals surface area contributed by atoms with Gasteiger partial charge in [0.25, 0.3) is 0 Å². The van der Waals surface area contributed by atoms with Crippen LogP contribution in [0.15, 0.2) is 30.3 Å². The lowest BCUT2D eigenvalue weighted by molar-refractivity contribution is -0.147. The van der Waals surface area contributed by atoms with Gasteiger partial charge in [0.2, 0.25) is 0 Å². The molecule has 3 nitrogen and oxygen atoms in total. The van der Waals surface area contributed by atoms with E-state index in [-0.39, 0.29) is 24.4 Å². The standard InChI is InChI=1S/C14H18O3/c1-14(2,8-9-15)10-13(16)17-11-12-6-4-3-5-7-12/h3-7,9H,8,10-11H2,1-2H3. The van der Waals surface area contributed by atoms with Gasteiger partial charge in [-0.05, 0) is 11.0 Å². The topological polar surface area (TPSA) is 43.4 Å². The summed E-state index contributed by atoms with van der Waals surface area (Å²) < 4.78 is 5.16. The number of benzene rings is 1. The van der Waals surface area contributed by atoms with Gasteiger partial charge < -0.3 is 9.53 Å². The Bertz CT molecular complexity index is 368. The normalized spacial score (nSPS) is 10.9. The zero-order valence-electron chi connectivity index (χ0n) is 10.3. The molecule has 0 bridgehead atoms. The molecule has 17 heavy (non-hydrogen) atoms. The minimum atomic E-state index is -0.324. The smallest absolute Gasteiger partial charge is 0.306 e. The molecule has 1 rings (SSSR count). The highest BCUT2D eigenvalue weighted by molar-refractivity contribution is 5.70. The van der Waals surface area contributed by atoms with Gasteiger partial charge in [0, 0.05) is 6.42 Å². The van der Waals surface area contributed by atoms with E-state index in [9.17, 15) is 9.59 Å². The zero-order valence-corrected chi connectivity index (χ0v) is 10.3. The minimum absolute atomic E-state index is 0.262. The van der Waals surface area contributed by atoms with Gasteiger partial charge >= 0.3 is 5.97 Å². The Hall–Kier alpha value is -1.64. The SMILES string of the molecule is CC(C)(CC=O)CC(=O)OCc1ccccc1. The second-order valence-corrected chi connectivity index (χ2v) is 4.86. The van der Waals surface area contributed by atoms with Crippen molar-refractivity contribution in [2.45, 2.75) is 33.3 Å². The highest BCUT2D eigenvalue weighted by atomic mass is 16.5. The van der Waals surface area contributed by atoms with Crippen LogP contribution in [0.4, 0.5) is 0 Å². The largest absolute Gasteiger partial charge is 0.461 e.